The molecule has 128 valence electrons. The Labute approximate surface area is 141 Å². The van der Waals surface area contributed by atoms with E-state index in [0.717, 1.165) is 16.7 Å². The average molecular weight is 330 g/mol. The molecule has 6 heteroatoms. The van der Waals surface area contributed by atoms with Gasteiger partial charge >= 0.3 is 5.97 Å². The Morgan fingerprint density at radius 2 is 1.25 bits per heavy atom. The minimum Gasteiger partial charge on any atom is -0.457 e. The monoisotopic (exact) mass is 330 g/mol. The highest BCUT2D eigenvalue weighted by Crippen LogP contribution is 2.17. The summed E-state index contributed by atoms with van der Waals surface area (Å²) in [5.74, 6) is -0.473. The van der Waals surface area contributed by atoms with Gasteiger partial charge in [0.2, 0.25) is 0 Å². The van der Waals surface area contributed by atoms with Gasteiger partial charge < -0.3 is 25.7 Å². The summed E-state index contributed by atoms with van der Waals surface area (Å²) in [5, 5.41) is 0. The van der Waals surface area contributed by atoms with Crippen molar-refractivity contribution in [2.24, 2.45) is 0 Å². The van der Waals surface area contributed by atoms with Crippen LogP contribution < -0.4 is 11.5 Å². The summed E-state index contributed by atoms with van der Waals surface area (Å²) in [4.78, 5) is 12.2. The second-order valence-electron chi connectivity index (χ2n) is 5.49. The van der Waals surface area contributed by atoms with Gasteiger partial charge in [-0.1, -0.05) is 18.2 Å². The maximum Gasteiger partial charge on any atom is 0.338 e. The number of hydrogen-bond donors (Lipinski definition) is 2. The Kier molecular flexibility index (Phi) is 6.17. The molecular formula is C18H22N2O4. The lowest BCUT2D eigenvalue weighted by molar-refractivity contribution is 0.0472. The predicted molar refractivity (Wildman–Crippen MR) is 92.3 cm³/mol. The van der Waals surface area contributed by atoms with Crippen LogP contribution in [-0.2, 0) is 34.0 Å². The van der Waals surface area contributed by atoms with Crippen molar-refractivity contribution in [2.45, 2.75) is 19.8 Å². The molecule has 2 aromatic carbocycles. The van der Waals surface area contributed by atoms with Crippen molar-refractivity contribution in [1.29, 1.82) is 0 Å². The number of rotatable bonds is 7. The third-order valence-electron chi connectivity index (χ3n) is 3.32. The summed E-state index contributed by atoms with van der Waals surface area (Å²) in [7, 11) is 3.26. The smallest absolute Gasteiger partial charge is 0.338 e. The molecular weight excluding hydrogens is 308 g/mol. The minimum absolute atomic E-state index is 0.141. The first-order chi connectivity index (χ1) is 11.5. The molecule has 0 bridgehead atoms. The second kappa shape index (κ2) is 8.33. The highest BCUT2D eigenvalue weighted by Gasteiger charge is 2.10. The summed E-state index contributed by atoms with van der Waals surface area (Å²) < 4.78 is 15.7. The Hall–Kier alpha value is -2.57. The number of hydrogen-bond acceptors (Lipinski definition) is 6. The van der Waals surface area contributed by atoms with Gasteiger partial charge in [0, 0.05) is 25.6 Å². The van der Waals surface area contributed by atoms with Crippen molar-refractivity contribution in [3.05, 3.63) is 58.7 Å². The average Bonchev–Trinajstić information content (AvgIpc) is 2.52. The highest BCUT2D eigenvalue weighted by atomic mass is 16.5. The predicted octanol–water partition coefficient (Wildman–Crippen LogP) is 2.50. The van der Waals surface area contributed by atoms with E-state index in [1.807, 2.05) is 18.2 Å². The van der Waals surface area contributed by atoms with Crippen molar-refractivity contribution in [3.63, 3.8) is 0 Å². The zero-order chi connectivity index (χ0) is 17.5. The first-order valence-electron chi connectivity index (χ1n) is 7.44. The maximum atomic E-state index is 12.2. The number of anilines is 2. The van der Waals surface area contributed by atoms with Gasteiger partial charge in [0.05, 0.1) is 18.8 Å². The molecule has 0 aliphatic heterocycles. The van der Waals surface area contributed by atoms with Gasteiger partial charge in [0.25, 0.3) is 0 Å². The molecule has 0 saturated heterocycles. The molecule has 6 nitrogen and oxygen atoms in total. The zero-order valence-electron chi connectivity index (χ0n) is 13.9. The minimum atomic E-state index is -0.473. The summed E-state index contributed by atoms with van der Waals surface area (Å²) in [6.45, 7) is 1.09. The number of benzene rings is 2. The molecule has 0 aliphatic rings. The third-order valence-corrected chi connectivity index (χ3v) is 3.32. The van der Waals surface area contributed by atoms with Crippen LogP contribution in [0.2, 0.25) is 0 Å². The number of nitrogens with two attached hydrogens (primary N) is 2. The van der Waals surface area contributed by atoms with E-state index in [1.54, 1.807) is 20.3 Å². The van der Waals surface area contributed by atoms with Gasteiger partial charge in [-0.2, -0.15) is 0 Å². The van der Waals surface area contributed by atoms with Gasteiger partial charge in [-0.3, -0.25) is 0 Å². The van der Waals surface area contributed by atoms with Crippen LogP contribution in [0.5, 0.6) is 0 Å². The quantitative estimate of drug-likeness (QED) is 0.598. The largest absolute Gasteiger partial charge is 0.457 e. The fourth-order valence-electron chi connectivity index (χ4n) is 2.45. The molecule has 0 spiro atoms. The lowest BCUT2D eigenvalue weighted by Crippen LogP contribution is -2.07. The lowest BCUT2D eigenvalue weighted by Gasteiger charge is -2.10. The number of esters is 1. The molecule has 0 saturated carbocycles. The van der Waals surface area contributed by atoms with Crippen LogP contribution in [0.1, 0.15) is 27.0 Å². The molecule has 2 aromatic rings. The van der Waals surface area contributed by atoms with Gasteiger partial charge in [0.15, 0.2) is 0 Å². The van der Waals surface area contributed by atoms with E-state index in [9.17, 15) is 4.79 Å². The Balaban J connectivity index is 2.11. The molecule has 0 heterocycles. The van der Waals surface area contributed by atoms with E-state index in [2.05, 4.69) is 0 Å². The van der Waals surface area contributed by atoms with Gasteiger partial charge in [0.1, 0.15) is 6.61 Å². The molecule has 0 radical (unpaired) electrons. The van der Waals surface area contributed by atoms with Crippen molar-refractivity contribution in [2.75, 3.05) is 25.7 Å². The van der Waals surface area contributed by atoms with Crippen LogP contribution in [0.25, 0.3) is 0 Å². The molecule has 0 aliphatic carbocycles. The van der Waals surface area contributed by atoms with Crippen LogP contribution in [0.15, 0.2) is 36.4 Å². The van der Waals surface area contributed by atoms with Crippen LogP contribution in [0.4, 0.5) is 11.4 Å². The summed E-state index contributed by atoms with van der Waals surface area (Å²) in [5.41, 5.74) is 15.4. The molecule has 2 rings (SSSR count). The number of ether oxygens (including phenoxy) is 3. The maximum absolute atomic E-state index is 12.2. The topological polar surface area (TPSA) is 96.8 Å². The first kappa shape index (κ1) is 17.8. The lowest BCUT2D eigenvalue weighted by atomic mass is 10.1. The zero-order valence-corrected chi connectivity index (χ0v) is 13.9. The Morgan fingerprint density at radius 3 is 1.71 bits per heavy atom. The SMILES string of the molecule is COCc1cc(COC)cc(COC(=O)c2cc(N)cc(N)c2)c1. The van der Waals surface area contributed by atoms with Crippen LogP contribution >= 0.6 is 0 Å². The number of methoxy groups -OCH3 is 2. The third kappa shape index (κ3) is 4.97. The number of nitrogen functional groups attached to an aromatic ring is 2. The van der Waals surface area contributed by atoms with Gasteiger partial charge in [-0.25, -0.2) is 4.79 Å². The molecule has 0 fully saturated rings. The molecule has 0 aromatic heterocycles. The van der Waals surface area contributed by atoms with E-state index < -0.39 is 5.97 Å². The Bertz CT molecular complexity index is 672. The standard InChI is InChI=1S/C18H22N2O4/c1-22-9-12-3-13(10-23-2)5-14(4-12)11-24-18(21)15-6-16(19)8-17(20)7-15/h3-8H,9-11,19-20H2,1-2H3. The van der Waals surface area contributed by atoms with Crippen LogP contribution in [0.3, 0.4) is 0 Å². The van der Waals surface area contributed by atoms with E-state index in [1.165, 1.54) is 12.1 Å². The summed E-state index contributed by atoms with van der Waals surface area (Å²) >= 11 is 0. The molecule has 0 atom stereocenters. The van der Waals surface area contributed by atoms with E-state index >= 15 is 0 Å². The molecule has 0 unspecified atom stereocenters. The van der Waals surface area contributed by atoms with E-state index in [-0.39, 0.29) is 6.61 Å². The normalized spacial score (nSPS) is 10.6. The molecule has 0 amide bonds. The van der Waals surface area contributed by atoms with Crippen molar-refractivity contribution in [3.8, 4) is 0 Å². The van der Waals surface area contributed by atoms with Crippen molar-refractivity contribution in [1.82, 2.24) is 0 Å². The van der Waals surface area contributed by atoms with E-state index in [0.29, 0.717) is 30.2 Å². The highest BCUT2D eigenvalue weighted by molar-refractivity contribution is 5.91. The fraction of sp³-hybridized carbons (Fsp3) is 0.278. The van der Waals surface area contributed by atoms with Gasteiger partial charge in [-0.15, -0.1) is 0 Å². The van der Waals surface area contributed by atoms with Crippen LogP contribution in [0, 0.1) is 0 Å². The second-order valence-corrected chi connectivity index (χ2v) is 5.49. The fourth-order valence-corrected chi connectivity index (χ4v) is 2.45. The first-order valence-corrected chi connectivity index (χ1v) is 7.44. The van der Waals surface area contributed by atoms with Crippen LogP contribution in [-0.4, -0.2) is 20.2 Å². The summed E-state index contributed by atoms with van der Waals surface area (Å²) in [6.07, 6.45) is 0. The Morgan fingerprint density at radius 1 is 0.792 bits per heavy atom. The number of carbonyl (C=O) groups is 1. The molecule has 4 N–H and O–H groups in total. The van der Waals surface area contributed by atoms with Crippen molar-refractivity contribution < 1.29 is 19.0 Å². The summed E-state index contributed by atoms with van der Waals surface area (Å²) in [6, 6.07) is 10.5. The number of carbonyl (C=O) groups excluding carboxylic acids is 1. The molecule has 24 heavy (non-hydrogen) atoms. The van der Waals surface area contributed by atoms with E-state index in [4.69, 9.17) is 25.7 Å². The van der Waals surface area contributed by atoms with Gasteiger partial charge in [-0.05, 0) is 34.9 Å². The van der Waals surface area contributed by atoms with Crippen molar-refractivity contribution >= 4 is 17.3 Å².